The smallest absolute Gasteiger partial charge is 0.329 e. The maximum absolute atomic E-state index is 10.4. The van der Waals surface area contributed by atoms with Crippen LogP contribution in [0.1, 0.15) is 44.3 Å². The first-order valence-electron chi connectivity index (χ1n) is 6.93. The number of likely N-dealkylation sites (tertiary alicyclic amines) is 1. The first kappa shape index (κ1) is 14.9. The molecule has 1 aliphatic heterocycles. The first-order valence-corrected chi connectivity index (χ1v) is 6.93. The van der Waals surface area contributed by atoms with Crippen molar-refractivity contribution in [2.45, 2.75) is 45.3 Å². The van der Waals surface area contributed by atoms with Gasteiger partial charge >= 0.3 is 5.97 Å². The van der Waals surface area contributed by atoms with Gasteiger partial charge in [0, 0.05) is 19.0 Å². The van der Waals surface area contributed by atoms with E-state index < -0.39 is 5.97 Å². The molecule has 0 unspecified atom stereocenters. The van der Waals surface area contributed by atoms with Crippen LogP contribution in [-0.4, -0.2) is 51.9 Å². The average Bonchev–Trinajstić information content (AvgIpc) is 2.86. The number of hydrogen-bond acceptors (Lipinski definition) is 6. The van der Waals surface area contributed by atoms with Crippen LogP contribution >= 0.6 is 0 Å². The molecule has 7 heteroatoms. The second-order valence-corrected chi connectivity index (χ2v) is 5.38. The third kappa shape index (κ3) is 4.28. The van der Waals surface area contributed by atoms with Crippen LogP contribution in [0, 0.1) is 0 Å². The highest BCUT2D eigenvalue weighted by Crippen LogP contribution is 2.16. The van der Waals surface area contributed by atoms with E-state index in [-0.39, 0.29) is 18.6 Å². The molecule has 1 aromatic rings. The summed E-state index contributed by atoms with van der Waals surface area (Å²) in [4.78, 5) is 17.0. The Morgan fingerprint density at radius 2 is 2.20 bits per heavy atom. The highest BCUT2D eigenvalue weighted by molar-refractivity contribution is 5.68. The number of hydrogen-bond donors (Lipinski definition) is 1. The summed E-state index contributed by atoms with van der Waals surface area (Å²) in [7, 11) is 0. The van der Waals surface area contributed by atoms with Crippen LogP contribution in [0.5, 0.6) is 0 Å². The molecule has 0 aromatic carbocycles. The van der Waals surface area contributed by atoms with E-state index in [1.165, 1.54) is 0 Å². The molecule has 7 nitrogen and oxygen atoms in total. The topological polar surface area (TPSA) is 88.7 Å². The standard InChI is InChI=1S/C13H21N3O4/c1-9(2)13-14-11(15-20-13)7-16-5-3-10(4-6-16)19-8-12(17)18/h9-10H,3-8H2,1-2H3,(H,17,18). The summed E-state index contributed by atoms with van der Waals surface area (Å²) in [5, 5.41) is 12.5. The molecule has 0 spiro atoms. The Balaban J connectivity index is 1.74. The van der Waals surface area contributed by atoms with Gasteiger partial charge in [0.25, 0.3) is 0 Å². The van der Waals surface area contributed by atoms with Gasteiger partial charge in [-0.1, -0.05) is 19.0 Å². The fourth-order valence-electron chi connectivity index (χ4n) is 2.19. The van der Waals surface area contributed by atoms with Crippen molar-refractivity contribution in [3.8, 4) is 0 Å². The van der Waals surface area contributed by atoms with Crippen LogP contribution in [-0.2, 0) is 16.1 Å². The van der Waals surface area contributed by atoms with Crippen LogP contribution < -0.4 is 0 Å². The normalized spacial score (nSPS) is 17.8. The van der Waals surface area contributed by atoms with Gasteiger partial charge in [0.05, 0.1) is 12.6 Å². The van der Waals surface area contributed by atoms with Gasteiger partial charge in [-0.05, 0) is 12.8 Å². The van der Waals surface area contributed by atoms with Gasteiger partial charge in [-0.15, -0.1) is 0 Å². The predicted octanol–water partition coefficient (Wildman–Crippen LogP) is 1.26. The minimum absolute atomic E-state index is 0.0406. The Bertz CT molecular complexity index is 439. The van der Waals surface area contributed by atoms with Crippen molar-refractivity contribution < 1.29 is 19.2 Å². The van der Waals surface area contributed by atoms with E-state index in [4.69, 9.17) is 14.4 Å². The second kappa shape index (κ2) is 6.81. The quantitative estimate of drug-likeness (QED) is 0.840. The lowest BCUT2D eigenvalue weighted by Gasteiger charge is -2.30. The monoisotopic (exact) mass is 283 g/mol. The van der Waals surface area contributed by atoms with Gasteiger partial charge in [0.15, 0.2) is 5.82 Å². The molecular formula is C13H21N3O4. The van der Waals surface area contributed by atoms with E-state index in [0.29, 0.717) is 18.3 Å². The highest BCUT2D eigenvalue weighted by Gasteiger charge is 2.22. The molecule has 0 atom stereocenters. The summed E-state index contributed by atoms with van der Waals surface area (Å²) in [6, 6.07) is 0. The summed E-state index contributed by atoms with van der Waals surface area (Å²) in [6.45, 7) is 6.20. The minimum atomic E-state index is -0.916. The number of piperidine rings is 1. The van der Waals surface area contributed by atoms with Gasteiger partial charge in [0.1, 0.15) is 6.61 Å². The van der Waals surface area contributed by atoms with Crippen molar-refractivity contribution >= 4 is 5.97 Å². The summed E-state index contributed by atoms with van der Waals surface area (Å²) in [6.07, 6.45) is 1.71. The molecule has 1 aromatic heterocycles. The van der Waals surface area contributed by atoms with Crippen LogP contribution in [0.15, 0.2) is 4.52 Å². The van der Waals surface area contributed by atoms with Crippen molar-refractivity contribution in [1.82, 2.24) is 15.0 Å². The van der Waals surface area contributed by atoms with Crippen molar-refractivity contribution in [3.63, 3.8) is 0 Å². The number of nitrogens with zero attached hydrogens (tertiary/aromatic N) is 3. The Morgan fingerprint density at radius 3 is 2.75 bits per heavy atom. The molecule has 2 heterocycles. The number of carboxylic acids is 1. The molecule has 1 aliphatic rings. The number of carbonyl (C=O) groups is 1. The predicted molar refractivity (Wildman–Crippen MR) is 70.3 cm³/mol. The molecule has 1 saturated heterocycles. The molecule has 20 heavy (non-hydrogen) atoms. The zero-order valence-corrected chi connectivity index (χ0v) is 11.9. The number of ether oxygens (including phenoxy) is 1. The Hall–Kier alpha value is -1.47. The number of aromatic nitrogens is 2. The maximum Gasteiger partial charge on any atom is 0.329 e. The lowest BCUT2D eigenvalue weighted by molar-refractivity contribution is -0.145. The third-order valence-electron chi connectivity index (χ3n) is 3.32. The molecule has 0 saturated carbocycles. The van der Waals surface area contributed by atoms with Crippen LogP contribution in [0.2, 0.25) is 0 Å². The molecular weight excluding hydrogens is 262 g/mol. The summed E-state index contributed by atoms with van der Waals surface area (Å²) in [5.74, 6) is 0.699. The largest absolute Gasteiger partial charge is 0.480 e. The third-order valence-corrected chi connectivity index (χ3v) is 3.32. The van der Waals surface area contributed by atoms with Crippen LogP contribution in [0.3, 0.4) is 0 Å². The van der Waals surface area contributed by atoms with Crippen LogP contribution in [0.25, 0.3) is 0 Å². The fraction of sp³-hybridized carbons (Fsp3) is 0.769. The number of aliphatic carboxylic acids is 1. The zero-order valence-electron chi connectivity index (χ0n) is 11.9. The number of rotatable bonds is 6. The molecule has 0 radical (unpaired) electrons. The Morgan fingerprint density at radius 1 is 1.50 bits per heavy atom. The van der Waals surface area contributed by atoms with Crippen molar-refractivity contribution in [2.75, 3.05) is 19.7 Å². The lowest BCUT2D eigenvalue weighted by Crippen LogP contribution is -2.37. The van der Waals surface area contributed by atoms with E-state index in [0.717, 1.165) is 25.9 Å². The fourth-order valence-corrected chi connectivity index (χ4v) is 2.19. The van der Waals surface area contributed by atoms with E-state index in [2.05, 4.69) is 15.0 Å². The summed E-state index contributed by atoms with van der Waals surface area (Å²) >= 11 is 0. The molecule has 2 rings (SSSR count). The van der Waals surface area contributed by atoms with Crippen molar-refractivity contribution in [3.05, 3.63) is 11.7 Å². The van der Waals surface area contributed by atoms with Crippen LogP contribution in [0.4, 0.5) is 0 Å². The lowest BCUT2D eigenvalue weighted by atomic mass is 10.1. The van der Waals surface area contributed by atoms with Gasteiger partial charge in [0.2, 0.25) is 5.89 Å². The van der Waals surface area contributed by atoms with E-state index in [9.17, 15) is 4.79 Å². The van der Waals surface area contributed by atoms with Gasteiger partial charge < -0.3 is 14.4 Å². The van der Waals surface area contributed by atoms with Crippen molar-refractivity contribution in [2.24, 2.45) is 0 Å². The maximum atomic E-state index is 10.4. The molecule has 112 valence electrons. The molecule has 0 bridgehead atoms. The minimum Gasteiger partial charge on any atom is -0.480 e. The zero-order chi connectivity index (χ0) is 14.5. The van der Waals surface area contributed by atoms with E-state index in [1.54, 1.807) is 0 Å². The first-order chi connectivity index (χ1) is 9.54. The molecule has 1 fully saturated rings. The van der Waals surface area contributed by atoms with Gasteiger partial charge in [-0.25, -0.2) is 4.79 Å². The summed E-state index contributed by atoms with van der Waals surface area (Å²) < 4.78 is 10.5. The Kier molecular flexibility index (Phi) is 5.08. The van der Waals surface area contributed by atoms with Crippen molar-refractivity contribution in [1.29, 1.82) is 0 Å². The van der Waals surface area contributed by atoms with E-state index >= 15 is 0 Å². The van der Waals surface area contributed by atoms with Gasteiger partial charge in [-0.3, -0.25) is 4.90 Å². The van der Waals surface area contributed by atoms with E-state index in [1.807, 2.05) is 13.8 Å². The second-order valence-electron chi connectivity index (χ2n) is 5.38. The molecule has 0 amide bonds. The highest BCUT2D eigenvalue weighted by atomic mass is 16.5. The SMILES string of the molecule is CC(C)c1nc(CN2CCC(OCC(=O)O)CC2)no1. The number of carboxylic acid groups (broad SMARTS) is 1. The molecule has 1 N–H and O–H groups in total. The van der Waals surface area contributed by atoms with Gasteiger partial charge in [-0.2, -0.15) is 4.98 Å². The average molecular weight is 283 g/mol. The Labute approximate surface area is 117 Å². The molecule has 0 aliphatic carbocycles. The summed E-state index contributed by atoms with van der Waals surface area (Å²) in [5.41, 5.74) is 0.